The molecule has 13 aromatic carbocycles. The van der Waals surface area contributed by atoms with Crippen molar-refractivity contribution in [3.8, 4) is 78.7 Å². The highest BCUT2D eigenvalue weighted by atomic mass is 15.1. The molecule has 0 fully saturated rings. The summed E-state index contributed by atoms with van der Waals surface area (Å²) in [5.41, 5.74) is 17.6. The lowest BCUT2D eigenvalue weighted by Crippen LogP contribution is -1.97. The minimum absolute atomic E-state index is 0.917. The van der Waals surface area contributed by atoms with Gasteiger partial charge >= 0.3 is 0 Å². The quantitative estimate of drug-likeness (QED) is 0.142. The van der Waals surface area contributed by atoms with Gasteiger partial charge in [-0.15, -0.1) is 0 Å². The van der Waals surface area contributed by atoms with Crippen LogP contribution >= 0.6 is 0 Å². The Labute approximate surface area is 439 Å². The van der Waals surface area contributed by atoms with Crippen LogP contribution in [0.3, 0.4) is 0 Å². The number of hydrogen-bond donors (Lipinski definition) is 0. The van der Waals surface area contributed by atoms with Crippen LogP contribution in [0, 0.1) is 0 Å². The fourth-order valence-corrected chi connectivity index (χ4v) is 11.7. The van der Waals surface area contributed by atoms with Gasteiger partial charge < -0.3 is 0 Å². The maximum atomic E-state index is 5.36. The Morgan fingerprint density at radius 1 is 0.224 bits per heavy atom. The molecule has 0 aliphatic rings. The van der Waals surface area contributed by atoms with E-state index in [2.05, 4.69) is 288 Å². The van der Waals surface area contributed by atoms with Crippen molar-refractivity contribution >= 4 is 65.2 Å². The van der Waals surface area contributed by atoms with Gasteiger partial charge in [-0.25, -0.2) is 9.97 Å². The smallest absolute Gasteiger partial charge is 0.145 e. The summed E-state index contributed by atoms with van der Waals surface area (Å²) in [6.07, 6.45) is 0. The van der Waals surface area contributed by atoms with Crippen molar-refractivity contribution in [2.75, 3.05) is 0 Å². The molecule has 0 aliphatic carbocycles. The molecule has 0 saturated heterocycles. The zero-order chi connectivity index (χ0) is 50.1. The summed E-state index contributed by atoms with van der Waals surface area (Å²) >= 11 is 0. The molecule has 0 saturated carbocycles. The van der Waals surface area contributed by atoms with Gasteiger partial charge in [0.25, 0.3) is 0 Å². The van der Waals surface area contributed by atoms with E-state index in [9.17, 15) is 0 Å². The highest BCUT2D eigenvalue weighted by Crippen LogP contribution is 2.47. The Balaban J connectivity index is 0.973. The summed E-state index contributed by atoms with van der Waals surface area (Å²) < 4.78 is 4.56. The van der Waals surface area contributed by atoms with Gasteiger partial charge in [0.1, 0.15) is 11.6 Å². The second-order valence-electron chi connectivity index (χ2n) is 19.7. The van der Waals surface area contributed by atoms with Gasteiger partial charge in [-0.05, 0) is 160 Å². The van der Waals surface area contributed by atoms with E-state index in [1.165, 1.54) is 65.3 Å². The third-order valence-electron chi connectivity index (χ3n) is 15.3. The Morgan fingerprint density at radius 3 is 0.987 bits per heavy atom. The van der Waals surface area contributed by atoms with E-state index < -0.39 is 0 Å². The summed E-state index contributed by atoms with van der Waals surface area (Å²) in [4.78, 5) is 10.7. The second-order valence-corrected chi connectivity index (χ2v) is 19.7. The normalized spacial score (nSPS) is 11.7. The Hall–Kier alpha value is -10.2. The molecule has 0 amide bonds. The van der Waals surface area contributed by atoms with Crippen LogP contribution in [0.1, 0.15) is 0 Å². The zero-order valence-corrected chi connectivity index (χ0v) is 41.3. The van der Waals surface area contributed by atoms with Crippen LogP contribution in [0.5, 0.6) is 0 Å². The van der Waals surface area contributed by atoms with Gasteiger partial charge in [0.15, 0.2) is 0 Å². The van der Waals surface area contributed by atoms with Crippen molar-refractivity contribution in [1.29, 1.82) is 0 Å². The first-order valence-corrected chi connectivity index (χ1v) is 26.0. The highest BCUT2D eigenvalue weighted by Gasteiger charge is 2.22. The van der Waals surface area contributed by atoms with E-state index in [-0.39, 0.29) is 0 Å². The molecule has 0 N–H and O–H groups in total. The number of rotatable bonds is 8. The Kier molecular flexibility index (Phi) is 10.2. The zero-order valence-electron chi connectivity index (χ0n) is 41.3. The van der Waals surface area contributed by atoms with E-state index in [0.29, 0.717) is 0 Å². The summed E-state index contributed by atoms with van der Waals surface area (Å²) in [5.74, 6) is 1.83. The number of hydrogen-bond acceptors (Lipinski definition) is 2. The van der Waals surface area contributed by atoms with Crippen molar-refractivity contribution in [3.63, 3.8) is 0 Å². The number of fused-ring (bicyclic) bond motifs is 6. The van der Waals surface area contributed by atoms with Crippen LogP contribution in [-0.4, -0.2) is 19.1 Å². The number of benzene rings is 13. The highest BCUT2D eigenvalue weighted by molar-refractivity contribution is 6.23. The lowest BCUT2D eigenvalue weighted by molar-refractivity contribution is 1.10. The van der Waals surface area contributed by atoms with Crippen LogP contribution in [0.4, 0.5) is 0 Å². The van der Waals surface area contributed by atoms with Gasteiger partial charge in [0.2, 0.25) is 0 Å². The summed E-state index contributed by atoms with van der Waals surface area (Å²) in [5, 5.41) is 9.62. The topological polar surface area (TPSA) is 35.6 Å². The molecule has 0 unspecified atom stereocenters. The summed E-state index contributed by atoms with van der Waals surface area (Å²) in [6, 6.07) is 101. The summed E-state index contributed by atoms with van der Waals surface area (Å²) in [6.45, 7) is 0. The van der Waals surface area contributed by atoms with Crippen LogP contribution in [0.25, 0.3) is 144 Å². The average Bonchev–Trinajstić information content (AvgIpc) is 4.11. The predicted octanol–water partition coefficient (Wildman–Crippen LogP) is 19.0. The molecule has 0 aliphatic heterocycles. The monoisotopic (exact) mass is 966 g/mol. The van der Waals surface area contributed by atoms with Gasteiger partial charge in [0.05, 0.1) is 22.1 Å². The van der Waals surface area contributed by atoms with Crippen LogP contribution in [0.15, 0.2) is 279 Å². The van der Waals surface area contributed by atoms with Gasteiger partial charge in [-0.3, -0.25) is 9.13 Å². The molecular formula is C72H46N4. The van der Waals surface area contributed by atoms with Crippen molar-refractivity contribution < 1.29 is 0 Å². The van der Waals surface area contributed by atoms with Gasteiger partial charge in [0, 0.05) is 22.5 Å². The first-order valence-electron chi connectivity index (χ1n) is 26.0. The van der Waals surface area contributed by atoms with Crippen molar-refractivity contribution in [1.82, 2.24) is 19.1 Å². The minimum Gasteiger partial charge on any atom is -0.292 e. The summed E-state index contributed by atoms with van der Waals surface area (Å²) in [7, 11) is 0. The lowest BCUT2D eigenvalue weighted by Gasteiger charge is -2.20. The molecular weight excluding hydrogens is 921 g/mol. The molecule has 2 aromatic heterocycles. The molecule has 15 rings (SSSR count). The van der Waals surface area contributed by atoms with Crippen molar-refractivity contribution in [3.05, 3.63) is 279 Å². The molecule has 354 valence electrons. The largest absolute Gasteiger partial charge is 0.292 e. The molecule has 2 heterocycles. The standard InChI is InChI=1S/C72H46N4/c1-5-19-49(20-6-1)71-73-65-45-55(35-39-67(65)75(71)59-25-9-3-10-26-59)53-33-37-61-63(43-53)69(57-31-29-47-17-13-15-23-51(47)41-57)62-38-34-54(44-64(62)70(61)58-32-30-48-18-14-16-24-52(48)42-58)56-36-40-68-66(46-56)74-72(50-21-7-2-8-22-50)76(68)60-27-11-4-12-28-60/h1-46H. The fraction of sp³-hybridized carbons (Fsp3) is 0. The van der Waals surface area contributed by atoms with Gasteiger partial charge in [-0.1, -0.05) is 206 Å². The SMILES string of the molecule is c1ccc(-c2nc3cc(-c4ccc5c(-c6ccc7ccccc7c6)c6cc(-c7ccc8c(c7)nc(-c7ccccc7)n8-c7ccccc7)ccc6c(-c6ccc7ccccc7c6)c5c4)ccc3n2-c2ccccc2)cc1. The molecule has 15 aromatic rings. The molecule has 4 nitrogen and oxygen atoms in total. The van der Waals surface area contributed by atoms with E-state index in [1.807, 2.05) is 0 Å². The molecule has 0 radical (unpaired) electrons. The maximum absolute atomic E-state index is 5.36. The predicted molar refractivity (Wildman–Crippen MR) is 318 cm³/mol. The minimum atomic E-state index is 0.917. The first kappa shape index (κ1) is 43.4. The Bertz CT molecular complexity index is 4420. The fourth-order valence-electron chi connectivity index (χ4n) is 11.7. The van der Waals surface area contributed by atoms with E-state index in [4.69, 9.17) is 9.97 Å². The third-order valence-corrected chi connectivity index (χ3v) is 15.3. The third kappa shape index (κ3) is 7.30. The van der Waals surface area contributed by atoms with E-state index in [1.54, 1.807) is 0 Å². The first-order chi connectivity index (χ1) is 37.7. The lowest BCUT2D eigenvalue weighted by atomic mass is 9.83. The number of nitrogens with zero attached hydrogens (tertiary/aromatic N) is 4. The van der Waals surface area contributed by atoms with Crippen molar-refractivity contribution in [2.24, 2.45) is 0 Å². The van der Waals surface area contributed by atoms with E-state index >= 15 is 0 Å². The second kappa shape index (κ2) is 17.8. The number of imidazole rings is 2. The molecule has 0 spiro atoms. The molecule has 4 heteroatoms. The van der Waals surface area contributed by atoms with Crippen LogP contribution < -0.4 is 0 Å². The average molecular weight is 967 g/mol. The maximum Gasteiger partial charge on any atom is 0.145 e. The number of para-hydroxylation sites is 2. The Morgan fingerprint density at radius 2 is 0.566 bits per heavy atom. The molecule has 0 bridgehead atoms. The molecule has 0 atom stereocenters. The van der Waals surface area contributed by atoms with Gasteiger partial charge in [-0.2, -0.15) is 0 Å². The molecule has 76 heavy (non-hydrogen) atoms. The van der Waals surface area contributed by atoms with Crippen LogP contribution in [0.2, 0.25) is 0 Å². The number of aromatic nitrogens is 4. The van der Waals surface area contributed by atoms with Crippen LogP contribution in [-0.2, 0) is 0 Å². The van der Waals surface area contributed by atoms with E-state index in [0.717, 1.165) is 78.5 Å². The van der Waals surface area contributed by atoms with Crippen molar-refractivity contribution in [2.45, 2.75) is 0 Å².